The van der Waals surface area contributed by atoms with Crippen LogP contribution in [-0.2, 0) is 0 Å². The average molecular weight is 339 g/mol. The second-order valence-corrected chi connectivity index (χ2v) is 6.64. The summed E-state index contributed by atoms with van der Waals surface area (Å²) in [6.07, 6.45) is 2.43. The summed E-state index contributed by atoms with van der Waals surface area (Å²) in [7, 11) is 1.36. The van der Waals surface area contributed by atoms with Gasteiger partial charge in [-0.15, -0.1) is 0 Å². The Morgan fingerprint density at radius 2 is 1.95 bits per heavy atom. The molecule has 0 aromatic heterocycles. The molecule has 0 aliphatic carbocycles. The van der Waals surface area contributed by atoms with Crippen LogP contribution in [0.4, 0.5) is 11.4 Å². The summed E-state index contributed by atoms with van der Waals surface area (Å²) >= 11 is 7.84. The Hall–Kier alpha value is -1.50. The molecule has 0 atom stereocenters. The lowest BCUT2D eigenvalue weighted by molar-refractivity contribution is 0.408. The number of nitrogens with zero attached hydrogens (tertiary/aromatic N) is 1. The van der Waals surface area contributed by atoms with Crippen LogP contribution in [0.2, 0.25) is 5.02 Å². The third-order valence-corrected chi connectivity index (χ3v) is 4.99. The van der Waals surface area contributed by atoms with E-state index in [-0.39, 0.29) is 11.4 Å². The molecular formula is C15H15ClN2O3S. The van der Waals surface area contributed by atoms with Gasteiger partial charge < -0.3 is 10.1 Å². The Bertz CT molecular complexity index is 765. The van der Waals surface area contributed by atoms with Gasteiger partial charge in [-0.25, -0.2) is 4.31 Å². The largest absolute Gasteiger partial charge is 0.491 e. The molecular weight excluding hydrogens is 324 g/mol. The summed E-state index contributed by atoms with van der Waals surface area (Å²) in [4.78, 5) is 24.0. The molecule has 0 radical (unpaired) electrons. The second-order valence-electron chi connectivity index (χ2n) is 5.06. The first-order chi connectivity index (χ1) is 10.6. The van der Waals surface area contributed by atoms with Gasteiger partial charge in [0, 0.05) is 18.0 Å². The van der Waals surface area contributed by atoms with Crippen LogP contribution in [0.25, 0.3) is 0 Å². The van der Waals surface area contributed by atoms with Crippen LogP contribution in [0, 0.1) is 0 Å². The van der Waals surface area contributed by atoms with Crippen LogP contribution in [0.15, 0.2) is 32.7 Å². The minimum atomic E-state index is -0.608. The van der Waals surface area contributed by atoms with Crippen molar-refractivity contribution >= 4 is 34.9 Å². The van der Waals surface area contributed by atoms with E-state index < -0.39 is 10.9 Å². The van der Waals surface area contributed by atoms with E-state index in [2.05, 4.69) is 9.62 Å². The van der Waals surface area contributed by atoms with Crippen molar-refractivity contribution in [3.63, 3.8) is 0 Å². The fourth-order valence-corrected chi connectivity index (χ4v) is 3.60. The van der Waals surface area contributed by atoms with Crippen LogP contribution in [0.3, 0.4) is 0 Å². The lowest BCUT2D eigenvalue weighted by Gasteiger charge is -2.16. The van der Waals surface area contributed by atoms with Gasteiger partial charge in [0.25, 0.3) is 10.9 Å². The number of benzene rings is 1. The Balaban J connectivity index is 1.82. The second kappa shape index (κ2) is 6.32. The topological polar surface area (TPSA) is 58.6 Å². The maximum atomic E-state index is 11.6. The molecule has 7 heteroatoms. The molecule has 0 bridgehead atoms. The van der Waals surface area contributed by atoms with Gasteiger partial charge in [0.1, 0.15) is 5.69 Å². The van der Waals surface area contributed by atoms with E-state index in [4.69, 9.17) is 16.3 Å². The van der Waals surface area contributed by atoms with E-state index in [1.807, 2.05) is 12.1 Å². The molecule has 5 nitrogen and oxygen atoms in total. The highest BCUT2D eigenvalue weighted by atomic mass is 35.5. The fourth-order valence-electron chi connectivity index (χ4n) is 2.40. The van der Waals surface area contributed by atoms with Crippen LogP contribution in [0.5, 0.6) is 5.75 Å². The van der Waals surface area contributed by atoms with Crippen molar-refractivity contribution in [2.45, 2.75) is 17.7 Å². The molecule has 22 heavy (non-hydrogen) atoms. The molecule has 1 aliphatic heterocycles. The molecule has 0 unspecified atom stereocenters. The molecule has 1 N–H and O–H groups in total. The first-order valence-corrected chi connectivity index (χ1v) is 8.12. The molecule has 1 fully saturated rings. The molecule has 2 aromatic carbocycles. The van der Waals surface area contributed by atoms with Crippen LogP contribution in [0.1, 0.15) is 12.8 Å². The van der Waals surface area contributed by atoms with Crippen molar-refractivity contribution in [1.82, 2.24) is 4.31 Å². The van der Waals surface area contributed by atoms with Crippen LogP contribution in [-0.4, -0.2) is 24.5 Å². The smallest absolute Gasteiger partial charge is 0.272 e. The number of rotatable bonds is 5. The summed E-state index contributed by atoms with van der Waals surface area (Å²) in [5.41, 5.74) is -0.428. The van der Waals surface area contributed by atoms with Gasteiger partial charge in [0.15, 0.2) is 5.75 Å². The number of hydrogen-bond donors (Lipinski definition) is 1. The first-order valence-electron chi connectivity index (χ1n) is 6.97. The number of hydrogen-bond acceptors (Lipinski definition) is 6. The number of methoxy groups -OCH3 is 1. The van der Waals surface area contributed by atoms with E-state index in [0.717, 1.165) is 18.0 Å². The quantitative estimate of drug-likeness (QED) is 0.668. The van der Waals surface area contributed by atoms with Gasteiger partial charge in [-0.1, -0.05) is 11.6 Å². The van der Waals surface area contributed by atoms with E-state index in [1.54, 1.807) is 18.0 Å². The maximum absolute atomic E-state index is 11.6. The van der Waals surface area contributed by atoms with Gasteiger partial charge in [-0.05, 0) is 43.0 Å². The van der Waals surface area contributed by atoms with Gasteiger partial charge in [-0.2, -0.15) is 0 Å². The van der Waals surface area contributed by atoms with E-state index >= 15 is 0 Å². The Kier molecular flexibility index (Phi) is 4.42. The molecule has 1 aliphatic rings. The fraction of sp³-hybridized carbons (Fsp3) is 0.333. The van der Waals surface area contributed by atoms with Gasteiger partial charge in [-0.3, -0.25) is 9.59 Å². The van der Waals surface area contributed by atoms with E-state index in [1.165, 1.54) is 20.0 Å². The highest BCUT2D eigenvalue weighted by Gasteiger charge is 2.22. The standard InChI is InChI=1S/C15H15ClN2O3S/c1-21-15-12(13(19)14(15)20)17-11-8-9(4-5-10(11)16)22-18-6-2-3-7-18/h4-5,8,17H,2-3,6-7H2,1H3. The monoisotopic (exact) mass is 338 g/mol. The third kappa shape index (κ3) is 2.86. The van der Waals surface area contributed by atoms with Crippen molar-refractivity contribution in [3.8, 4) is 5.75 Å². The average Bonchev–Trinajstić information content (AvgIpc) is 3.02. The maximum Gasteiger partial charge on any atom is 0.272 e. The number of halogens is 1. The zero-order valence-electron chi connectivity index (χ0n) is 12.0. The predicted octanol–water partition coefficient (Wildman–Crippen LogP) is 2.79. The van der Waals surface area contributed by atoms with Gasteiger partial charge in [0.2, 0.25) is 0 Å². The molecule has 1 heterocycles. The Morgan fingerprint density at radius 3 is 2.64 bits per heavy atom. The van der Waals surface area contributed by atoms with Crippen molar-refractivity contribution in [2.75, 3.05) is 25.5 Å². The lowest BCUT2D eigenvalue weighted by atomic mass is 10.2. The Labute approximate surface area is 137 Å². The summed E-state index contributed by atoms with van der Waals surface area (Å²) in [5, 5.41) is 3.40. The van der Waals surface area contributed by atoms with Crippen molar-refractivity contribution in [1.29, 1.82) is 0 Å². The Morgan fingerprint density at radius 1 is 1.23 bits per heavy atom. The summed E-state index contributed by atoms with van der Waals surface area (Å²) in [6.45, 7) is 2.14. The molecule has 1 saturated heterocycles. The van der Waals surface area contributed by atoms with E-state index in [9.17, 15) is 9.59 Å². The van der Waals surface area contributed by atoms with Crippen molar-refractivity contribution in [2.24, 2.45) is 0 Å². The highest BCUT2D eigenvalue weighted by molar-refractivity contribution is 7.97. The SMILES string of the molecule is COc1c(Nc2cc(SN3CCCC3)ccc2Cl)c(=O)c1=O. The molecule has 116 valence electrons. The molecule has 2 aromatic rings. The zero-order valence-corrected chi connectivity index (χ0v) is 13.6. The summed E-state index contributed by atoms with van der Waals surface area (Å²) in [6, 6.07) is 5.60. The molecule has 3 rings (SSSR count). The zero-order chi connectivity index (χ0) is 15.7. The number of nitrogens with one attached hydrogen (secondary N) is 1. The molecule has 0 saturated carbocycles. The number of anilines is 2. The van der Waals surface area contributed by atoms with Crippen LogP contribution < -0.4 is 20.9 Å². The minimum absolute atomic E-state index is 0.0543. The highest BCUT2D eigenvalue weighted by Crippen LogP contribution is 2.34. The lowest BCUT2D eigenvalue weighted by Crippen LogP contribution is -2.34. The van der Waals surface area contributed by atoms with Gasteiger partial charge >= 0.3 is 0 Å². The number of ether oxygens (including phenoxy) is 1. The minimum Gasteiger partial charge on any atom is -0.491 e. The van der Waals surface area contributed by atoms with E-state index in [0.29, 0.717) is 10.7 Å². The van der Waals surface area contributed by atoms with Crippen LogP contribution >= 0.6 is 23.5 Å². The first kappa shape index (κ1) is 15.4. The van der Waals surface area contributed by atoms with Gasteiger partial charge in [0.05, 0.1) is 17.8 Å². The van der Waals surface area contributed by atoms with Crippen molar-refractivity contribution < 1.29 is 4.74 Å². The normalized spacial score (nSPS) is 15.4. The summed E-state index contributed by atoms with van der Waals surface area (Å²) < 4.78 is 7.22. The third-order valence-electron chi connectivity index (χ3n) is 3.57. The predicted molar refractivity (Wildman–Crippen MR) is 89.3 cm³/mol. The molecule has 0 amide bonds. The van der Waals surface area contributed by atoms with Crippen molar-refractivity contribution in [3.05, 3.63) is 43.7 Å². The summed E-state index contributed by atoms with van der Waals surface area (Å²) in [5.74, 6) is 0.0543. The molecule has 0 spiro atoms.